The molecule has 8 nitrogen and oxygen atoms in total. The van der Waals surface area contributed by atoms with Gasteiger partial charge in [0, 0.05) is 71.1 Å². The highest BCUT2D eigenvalue weighted by atomic mass is 127. The van der Waals surface area contributed by atoms with Gasteiger partial charge in [0.25, 0.3) is 0 Å². The number of nitrogens with zero attached hydrogens (tertiary/aromatic N) is 7. The highest BCUT2D eigenvalue weighted by molar-refractivity contribution is 14.0. The van der Waals surface area contributed by atoms with E-state index in [-0.39, 0.29) is 24.0 Å². The minimum Gasteiger partial charge on any atom is -0.352 e. The first-order valence-electron chi connectivity index (χ1n) is 9.83. The van der Waals surface area contributed by atoms with Crippen molar-refractivity contribution >= 4 is 35.9 Å². The van der Waals surface area contributed by atoms with Crippen LogP contribution in [-0.4, -0.2) is 63.6 Å². The van der Waals surface area contributed by atoms with Crippen LogP contribution in [-0.2, 0) is 13.1 Å². The van der Waals surface area contributed by atoms with E-state index in [1.165, 1.54) is 11.1 Å². The number of aromatic nitrogens is 4. The van der Waals surface area contributed by atoms with E-state index in [0.717, 1.165) is 51.2 Å². The van der Waals surface area contributed by atoms with E-state index in [2.05, 4.69) is 63.9 Å². The number of hydrogen-bond acceptors (Lipinski definition) is 5. The van der Waals surface area contributed by atoms with Gasteiger partial charge in [-0.2, -0.15) is 0 Å². The molecular formula is C21H27IN8. The Kier molecular flexibility index (Phi) is 8.00. The van der Waals surface area contributed by atoms with Crippen LogP contribution in [0.4, 0.5) is 5.95 Å². The minimum absolute atomic E-state index is 0. The molecule has 0 amide bonds. The minimum atomic E-state index is 0. The number of anilines is 1. The molecule has 0 bridgehead atoms. The standard InChI is InChI=1S/C21H26N8.HI/c1-22-20(28-11-13-29(14-12-28)21-24-7-2-8-25-21)26-15-18-3-5-19(6-4-18)16-27-10-9-23-17-27;/h2-10,17H,11-16H2,1H3,(H,22,26);1H. The van der Waals surface area contributed by atoms with Crippen molar-refractivity contribution in [3.05, 3.63) is 72.6 Å². The quantitative estimate of drug-likeness (QED) is 0.318. The zero-order valence-electron chi connectivity index (χ0n) is 17.1. The molecule has 1 aromatic carbocycles. The molecule has 1 aliphatic rings. The van der Waals surface area contributed by atoms with Gasteiger partial charge in [-0.3, -0.25) is 4.99 Å². The summed E-state index contributed by atoms with van der Waals surface area (Å²) < 4.78 is 2.06. The Balaban J connectivity index is 0.00000256. The molecule has 158 valence electrons. The third kappa shape index (κ3) is 5.68. The fourth-order valence-corrected chi connectivity index (χ4v) is 3.44. The Hall–Kier alpha value is -2.69. The molecule has 1 fully saturated rings. The number of piperazine rings is 1. The number of aliphatic imine (C=N–C) groups is 1. The lowest BCUT2D eigenvalue weighted by Crippen LogP contribution is -2.52. The molecule has 0 atom stereocenters. The molecule has 0 unspecified atom stereocenters. The molecule has 2 aromatic heterocycles. The first-order chi connectivity index (χ1) is 14.3. The van der Waals surface area contributed by atoms with Crippen molar-refractivity contribution in [3.63, 3.8) is 0 Å². The molecular weight excluding hydrogens is 491 g/mol. The molecule has 0 aliphatic carbocycles. The number of halogens is 1. The van der Waals surface area contributed by atoms with Crippen LogP contribution < -0.4 is 10.2 Å². The van der Waals surface area contributed by atoms with Crippen molar-refractivity contribution in [1.82, 2.24) is 29.7 Å². The molecule has 0 radical (unpaired) electrons. The molecule has 0 saturated carbocycles. The van der Waals surface area contributed by atoms with Gasteiger partial charge in [-0.25, -0.2) is 15.0 Å². The summed E-state index contributed by atoms with van der Waals surface area (Å²) >= 11 is 0. The number of imidazole rings is 1. The van der Waals surface area contributed by atoms with Gasteiger partial charge in [0.05, 0.1) is 6.33 Å². The molecule has 1 aliphatic heterocycles. The SMILES string of the molecule is CN=C(NCc1ccc(Cn2ccnc2)cc1)N1CCN(c2ncccn2)CC1.I. The van der Waals surface area contributed by atoms with Crippen molar-refractivity contribution in [2.75, 3.05) is 38.1 Å². The van der Waals surface area contributed by atoms with Gasteiger partial charge in [-0.1, -0.05) is 24.3 Å². The van der Waals surface area contributed by atoms with Crippen LogP contribution in [0.15, 0.2) is 66.4 Å². The number of guanidine groups is 1. The second-order valence-electron chi connectivity index (χ2n) is 6.98. The van der Waals surface area contributed by atoms with Crippen molar-refractivity contribution in [3.8, 4) is 0 Å². The summed E-state index contributed by atoms with van der Waals surface area (Å²) in [6.45, 7) is 5.13. The summed E-state index contributed by atoms with van der Waals surface area (Å²) in [5.74, 6) is 1.73. The lowest BCUT2D eigenvalue weighted by molar-refractivity contribution is 0.370. The molecule has 1 N–H and O–H groups in total. The van der Waals surface area contributed by atoms with Gasteiger partial charge in [-0.15, -0.1) is 24.0 Å². The van der Waals surface area contributed by atoms with Crippen LogP contribution >= 0.6 is 24.0 Å². The summed E-state index contributed by atoms with van der Waals surface area (Å²) in [6, 6.07) is 10.5. The highest BCUT2D eigenvalue weighted by Gasteiger charge is 2.20. The van der Waals surface area contributed by atoms with E-state index in [1.807, 2.05) is 25.6 Å². The smallest absolute Gasteiger partial charge is 0.225 e. The molecule has 0 spiro atoms. The predicted octanol–water partition coefficient (Wildman–Crippen LogP) is 2.24. The third-order valence-electron chi connectivity index (χ3n) is 5.02. The third-order valence-corrected chi connectivity index (χ3v) is 5.02. The summed E-state index contributed by atoms with van der Waals surface area (Å²) in [4.78, 5) is 21.7. The second kappa shape index (κ2) is 10.9. The summed E-state index contributed by atoms with van der Waals surface area (Å²) in [5, 5.41) is 3.49. The largest absolute Gasteiger partial charge is 0.352 e. The normalized spacial score (nSPS) is 14.4. The maximum atomic E-state index is 4.46. The zero-order chi connectivity index (χ0) is 19.9. The van der Waals surface area contributed by atoms with E-state index in [9.17, 15) is 0 Å². The average Bonchev–Trinajstić information content (AvgIpc) is 3.29. The molecule has 3 heterocycles. The highest BCUT2D eigenvalue weighted by Crippen LogP contribution is 2.10. The predicted molar refractivity (Wildman–Crippen MR) is 129 cm³/mol. The molecule has 30 heavy (non-hydrogen) atoms. The van der Waals surface area contributed by atoms with E-state index in [4.69, 9.17) is 0 Å². The summed E-state index contributed by atoms with van der Waals surface area (Å²) in [7, 11) is 1.84. The first kappa shape index (κ1) is 22.0. The van der Waals surface area contributed by atoms with Gasteiger partial charge in [0.15, 0.2) is 5.96 Å². The number of nitrogens with one attached hydrogen (secondary N) is 1. The number of hydrogen-bond donors (Lipinski definition) is 1. The second-order valence-corrected chi connectivity index (χ2v) is 6.98. The number of rotatable bonds is 5. The first-order valence-corrected chi connectivity index (χ1v) is 9.83. The van der Waals surface area contributed by atoms with Gasteiger partial charge in [0.1, 0.15) is 0 Å². The molecule has 1 saturated heterocycles. The van der Waals surface area contributed by atoms with Gasteiger partial charge in [-0.05, 0) is 17.2 Å². The molecule has 3 aromatic rings. The maximum Gasteiger partial charge on any atom is 0.225 e. The van der Waals surface area contributed by atoms with Crippen molar-refractivity contribution in [1.29, 1.82) is 0 Å². The Morgan fingerprint density at radius 3 is 2.33 bits per heavy atom. The van der Waals surface area contributed by atoms with Crippen molar-refractivity contribution in [2.24, 2.45) is 4.99 Å². The van der Waals surface area contributed by atoms with Crippen molar-refractivity contribution in [2.45, 2.75) is 13.1 Å². The van der Waals surface area contributed by atoms with Crippen LogP contribution in [0.5, 0.6) is 0 Å². The van der Waals surface area contributed by atoms with Gasteiger partial charge >= 0.3 is 0 Å². The van der Waals surface area contributed by atoms with Crippen LogP contribution in [0.3, 0.4) is 0 Å². The Bertz CT molecular complexity index is 904. The van der Waals surface area contributed by atoms with Crippen LogP contribution in [0.2, 0.25) is 0 Å². The van der Waals surface area contributed by atoms with Crippen molar-refractivity contribution < 1.29 is 0 Å². The van der Waals surface area contributed by atoms with Gasteiger partial charge < -0.3 is 19.7 Å². The van der Waals surface area contributed by atoms with Gasteiger partial charge in [0.2, 0.25) is 5.95 Å². The van der Waals surface area contributed by atoms with Crippen LogP contribution in [0, 0.1) is 0 Å². The topological polar surface area (TPSA) is 74.5 Å². The average molecular weight is 518 g/mol. The van der Waals surface area contributed by atoms with Crippen LogP contribution in [0.25, 0.3) is 0 Å². The lowest BCUT2D eigenvalue weighted by Gasteiger charge is -2.36. The van der Waals surface area contributed by atoms with E-state index >= 15 is 0 Å². The Labute approximate surface area is 194 Å². The molecule has 4 rings (SSSR count). The molecule has 9 heteroatoms. The van der Waals surface area contributed by atoms with E-state index < -0.39 is 0 Å². The van der Waals surface area contributed by atoms with E-state index in [1.54, 1.807) is 18.6 Å². The Morgan fingerprint density at radius 1 is 1.00 bits per heavy atom. The maximum absolute atomic E-state index is 4.46. The summed E-state index contributed by atoms with van der Waals surface area (Å²) in [6.07, 6.45) is 9.19. The lowest BCUT2D eigenvalue weighted by atomic mass is 10.1. The Morgan fingerprint density at radius 2 is 1.70 bits per heavy atom. The van der Waals surface area contributed by atoms with Crippen LogP contribution in [0.1, 0.15) is 11.1 Å². The summed E-state index contributed by atoms with van der Waals surface area (Å²) in [5.41, 5.74) is 2.49. The number of benzene rings is 1. The van der Waals surface area contributed by atoms with E-state index in [0.29, 0.717) is 0 Å². The fourth-order valence-electron chi connectivity index (χ4n) is 3.44. The zero-order valence-corrected chi connectivity index (χ0v) is 19.4. The fraction of sp³-hybridized carbons (Fsp3) is 0.333. The monoisotopic (exact) mass is 518 g/mol.